The van der Waals surface area contributed by atoms with Crippen molar-refractivity contribution >= 4 is 21.7 Å². The summed E-state index contributed by atoms with van der Waals surface area (Å²) in [5.41, 5.74) is 0.720. The van der Waals surface area contributed by atoms with Crippen molar-refractivity contribution in [1.82, 2.24) is 20.4 Å². The number of β-amino-alcohol motifs (C(OH)–C–C–N with tert-alkyl or cyclic N) is 1. The highest BCUT2D eigenvalue weighted by Gasteiger charge is 2.40. The summed E-state index contributed by atoms with van der Waals surface area (Å²) in [6, 6.07) is 2.02. The molecule has 1 unspecified atom stereocenters. The number of nitrogens with zero attached hydrogens (tertiary/aromatic N) is 4. The molecule has 0 radical (unpaired) electrons. The molecule has 0 aliphatic carbocycles. The van der Waals surface area contributed by atoms with E-state index in [4.69, 9.17) is 0 Å². The average Bonchev–Trinajstić information content (AvgIpc) is 2.99. The first-order valence-electron chi connectivity index (χ1n) is 6.04. The van der Waals surface area contributed by atoms with Crippen LogP contribution in [0.15, 0.2) is 22.9 Å². The normalized spacial score (nSPS) is 23.0. The van der Waals surface area contributed by atoms with Crippen LogP contribution in [0, 0.1) is 6.92 Å². The lowest BCUT2D eigenvalue weighted by atomic mass is 10.00. The zero-order valence-electron chi connectivity index (χ0n) is 10.5. The Morgan fingerprint density at radius 3 is 3.00 bits per heavy atom. The fraction of sp³-hybridized carbons (Fsp3) is 0.417. The van der Waals surface area contributed by atoms with Gasteiger partial charge >= 0.3 is 0 Å². The maximum absolute atomic E-state index is 10.6. The highest BCUT2D eigenvalue weighted by molar-refractivity contribution is 9.10. The number of aromatic amines is 1. The number of pyridine rings is 1. The van der Waals surface area contributed by atoms with E-state index in [2.05, 4.69) is 41.2 Å². The number of hydrogen-bond acceptors (Lipinski definition) is 5. The van der Waals surface area contributed by atoms with Crippen LogP contribution < -0.4 is 4.90 Å². The third kappa shape index (κ3) is 2.23. The van der Waals surface area contributed by atoms with E-state index in [-0.39, 0.29) is 0 Å². The van der Waals surface area contributed by atoms with E-state index in [1.54, 1.807) is 12.4 Å². The van der Waals surface area contributed by atoms with E-state index in [0.717, 1.165) is 22.4 Å². The average molecular weight is 324 g/mol. The Morgan fingerprint density at radius 2 is 2.32 bits per heavy atom. The van der Waals surface area contributed by atoms with Crippen molar-refractivity contribution in [1.29, 1.82) is 0 Å². The number of anilines is 1. The monoisotopic (exact) mass is 323 g/mol. The van der Waals surface area contributed by atoms with Crippen LogP contribution in [0.3, 0.4) is 0 Å². The van der Waals surface area contributed by atoms with Crippen LogP contribution in [-0.2, 0) is 5.60 Å². The number of H-pyrrole nitrogens is 1. The minimum absolute atomic E-state index is 0.481. The van der Waals surface area contributed by atoms with Crippen LogP contribution in [0.5, 0.6) is 0 Å². The maximum atomic E-state index is 10.6. The molecule has 3 heterocycles. The van der Waals surface area contributed by atoms with E-state index >= 15 is 0 Å². The van der Waals surface area contributed by atoms with Crippen molar-refractivity contribution in [2.45, 2.75) is 18.9 Å². The predicted octanol–water partition coefficient (Wildman–Crippen LogP) is 1.37. The second-order valence-corrected chi connectivity index (χ2v) is 5.77. The third-order valence-corrected chi connectivity index (χ3v) is 3.89. The first-order valence-corrected chi connectivity index (χ1v) is 6.83. The van der Waals surface area contributed by atoms with Crippen LogP contribution in [0.1, 0.15) is 17.7 Å². The summed E-state index contributed by atoms with van der Waals surface area (Å²) in [5.74, 6) is 0.905. The first kappa shape index (κ1) is 12.6. The van der Waals surface area contributed by atoms with E-state index < -0.39 is 5.60 Å². The van der Waals surface area contributed by atoms with Crippen LogP contribution in [0.2, 0.25) is 0 Å². The van der Waals surface area contributed by atoms with Gasteiger partial charge < -0.3 is 10.0 Å². The van der Waals surface area contributed by atoms with Crippen molar-refractivity contribution in [2.75, 3.05) is 18.0 Å². The smallest absolute Gasteiger partial charge is 0.131 e. The van der Waals surface area contributed by atoms with Crippen molar-refractivity contribution in [3.05, 3.63) is 34.2 Å². The maximum Gasteiger partial charge on any atom is 0.131 e. The Hall–Kier alpha value is -1.47. The molecule has 1 aliphatic rings. The number of halogens is 1. The Bertz CT molecular complexity index is 588. The quantitative estimate of drug-likeness (QED) is 0.872. The fourth-order valence-corrected chi connectivity index (χ4v) is 2.92. The van der Waals surface area contributed by atoms with Gasteiger partial charge in [-0.1, -0.05) is 0 Å². The molecule has 0 spiro atoms. The SMILES string of the molecule is Cc1cc(Br)cnc1N1CCC(O)(c2cn[nH]n2)C1. The van der Waals surface area contributed by atoms with Gasteiger partial charge in [0.25, 0.3) is 0 Å². The van der Waals surface area contributed by atoms with Gasteiger partial charge in [0, 0.05) is 23.6 Å². The summed E-state index contributed by atoms with van der Waals surface area (Å²) in [6.45, 7) is 3.24. The standard InChI is InChI=1S/C12H14BrN5O/c1-8-4-9(13)5-14-11(8)18-3-2-12(19,7-18)10-6-15-17-16-10/h4-6,19H,2-3,7H2,1H3,(H,15,16,17). The first-order chi connectivity index (χ1) is 9.08. The van der Waals surface area contributed by atoms with Gasteiger partial charge in [0.2, 0.25) is 0 Å². The minimum atomic E-state index is -0.950. The van der Waals surface area contributed by atoms with Crippen molar-refractivity contribution in [2.24, 2.45) is 0 Å². The molecule has 100 valence electrons. The largest absolute Gasteiger partial charge is 0.381 e. The molecule has 3 rings (SSSR count). The Balaban J connectivity index is 1.86. The lowest BCUT2D eigenvalue weighted by Crippen LogP contribution is -2.31. The van der Waals surface area contributed by atoms with Crippen molar-refractivity contribution < 1.29 is 5.11 Å². The Labute approximate surface area is 119 Å². The lowest BCUT2D eigenvalue weighted by molar-refractivity contribution is 0.0559. The molecular weight excluding hydrogens is 310 g/mol. The minimum Gasteiger partial charge on any atom is -0.381 e. The van der Waals surface area contributed by atoms with Crippen molar-refractivity contribution in [3.63, 3.8) is 0 Å². The predicted molar refractivity (Wildman–Crippen MR) is 73.8 cm³/mol. The molecule has 0 amide bonds. The molecule has 19 heavy (non-hydrogen) atoms. The molecular formula is C12H14BrN5O. The highest BCUT2D eigenvalue weighted by atomic mass is 79.9. The van der Waals surface area contributed by atoms with Crippen LogP contribution in [0.25, 0.3) is 0 Å². The molecule has 0 saturated carbocycles. The van der Waals surface area contributed by atoms with Gasteiger partial charge in [0.1, 0.15) is 17.1 Å². The second kappa shape index (κ2) is 4.57. The molecule has 1 atom stereocenters. The number of rotatable bonds is 2. The highest BCUT2D eigenvalue weighted by Crippen LogP contribution is 2.33. The molecule has 0 aromatic carbocycles. The van der Waals surface area contributed by atoms with E-state index in [0.29, 0.717) is 18.7 Å². The number of aromatic nitrogens is 4. The van der Waals surface area contributed by atoms with E-state index in [9.17, 15) is 5.11 Å². The van der Waals surface area contributed by atoms with Gasteiger partial charge in [0.05, 0.1) is 12.7 Å². The summed E-state index contributed by atoms with van der Waals surface area (Å²) >= 11 is 3.41. The zero-order chi connectivity index (χ0) is 13.5. The summed E-state index contributed by atoms with van der Waals surface area (Å²) in [5, 5.41) is 20.9. The van der Waals surface area contributed by atoms with Gasteiger partial charge in [-0.05, 0) is 34.5 Å². The molecule has 2 aromatic rings. The lowest BCUT2D eigenvalue weighted by Gasteiger charge is -2.22. The molecule has 2 aromatic heterocycles. The van der Waals surface area contributed by atoms with Crippen molar-refractivity contribution in [3.8, 4) is 0 Å². The molecule has 2 N–H and O–H groups in total. The molecule has 6 nitrogen and oxygen atoms in total. The fourth-order valence-electron chi connectivity index (χ4n) is 2.47. The van der Waals surface area contributed by atoms with Gasteiger partial charge in [-0.2, -0.15) is 15.4 Å². The van der Waals surface area contributed by atoms with Crippen LogP contribution in [-0.4, -0.2) is 38.6 Å². The molecule has 0 bridgehead atoms. The van der Waals surface area contributed by atoms with E-state index in [1.807, 2.05) is 13.0 Å². The Kier molecular flexibility index (Phi) is 3.02. The number of hydrogen-bond donors (Lipinski definition) is 2. The summed E-state index contributed by atoms with van der Waals surface area (Å²) < 4.78 is 0.958. The summed E-state index contributed by atoms with van der Waals surface area (Å²) in [4.78, 5) is 6.51. The van der Waals surface area contributed by atoms with Gasteiger partial charge in [0.15, 0.2) is 0 Å². The van der Waals surface area contributed by atoms with Gasteiger partial charge in [-0.3, -0.25) is 0 Å². The van der Waals surface area contributed by atoms with Gasteiger partial charge in [-0.15, -0.1) is 0 Å². The zero-order valence-corrected chi connectivity index (χ0v) is 12.1. The molecule has 7 heteroatoms. The number of aliphatic hydroxyl groups is 1. The van der Waals surface area contributed by atoms with Gasteiger partial charge in [-0.25, -0.2) is 4.98 Å². The second-order valence-electron chi connectivity index (χ2n) is 4.85. The number of aryl methyl sites for hydroxylation is 1. The Morgan fingerprint density at radius 1 is 1.47 bits per heavy atom. The topological polar surface area (TPSA) is 77.9 Å². The van der Waals surface area contributed by atoms with Crippen LogP contribution in [0.4, 0.5) is 5.82 Å². The summed E-state index contributed by atoms with van der Waals surface area (Å²) in [7, 11) is 0. The molecule has 1 fully saturated rings. The van der Waals surface area contributed by atoms with E-state index in [1.165, 1.54) is 0 Å². The van der Waals surface area contributed by atoms with Crippen LogP contribution >= 0.6 is 15.9 Å². The molecule has 1 saturated heterocycles. The number of nitrogens with one attached hydrogen (secondary N) is 1. The summed E-state index contributed by atoms with van der Waals surface area (Å²) in [6.07, 6.45) is 3.97. The third-order valence-electron chi connectivity index (χ3n) is 3.46. The molecule has 1 aliphatic heterocycles.